The molecule has 0 spiro atoms. The predicted molar refractivity (Wildman–Crippen MR) is 67.1 cm³/mol. The molecule has 84 valence electrons. The minimum atomic E-state index is 0.571. The highest BCUT2D eigenvalue weighted by Gasteiger charge is 2.32. The molecule has 1 unspecified atom stereocenters. The average Bonchev–Trinajstić information content (AvgIpc) is 2.65. The van der Waals surface area contributed by atoms with Crippen molar-refractivity contribution in [2.45, 2.75) is 63.2 Å². The lowest BCUT2D eigenvalue weighted by molar-refractivity contribution is 0.455. The van der Waals surface area contributed by atoms with Gasteiger partial charge in [-0.3, -0.25) is 0 Å². The monoisotopic (exact) mass is 215 g/mol. The molecule has 2 heteroatoms. The van der Waals surface area contributed by atoms with Gasteiger partial charge in [0.25, 0.3) is 0 Å². The lowest BCUT2D eigenvalue weighted by Gasteiger charge is -2.29. The first-order valence-corrected chi connectivity index (χ1v) is 7.23. The summed E-state index contributed by atoms with van der Waals surface area (Å²) in [5, 5.41) is 3.70. The Morgan fingerprint density at radius 1 is 1.36 bits per heavy atom. The van der Waals surface area contributed by atoms with E-state index in [1.807, 2.05) is 0 Å². The van der Waals surface area contributed by atoms with E-state index in [0.29, 0.717) is 10.8 Å². The molecule has 1 fully saturated rings. The first-order valence-electron chi connectivity index (χ1n) is 6.01. The van der Waals surface area contributed by atoms with Gasteiger partial charge in [-0.2, -0.15) is 11.8 Å². The first-order chi connectivity index (χ1) is 6.72. The molecule has 0 aromatic heterocycles. The largest absolute Gasteiger partial charge is 0.313 e. The second-order valence-corrected chi connectivity index (χ2v) is 5.94. The van der Waals surface area contributed by atoms with Crippen molar-refractivity contribution >= 4 is 11.8 Å². The summed E-state index contributed by atoms with van der Waals surface area (Å²) in [5.41, 5.74) is 0. The summed E-state index contributed by atoms with van der Waals surface area (Å²) in [5.74, 6) is 0. The summed E-state index contributed by atoms with van der Waals surface area (Å²) < 4.78 is 0.571. The summed E-state index contributed by atoms with van der Waals surface area (Å²) in [6, 6.07) is 0.699. The van der Waals surface area contributed by atoms with E-state index in [9.17, 15) is 0 Å². The number of thioether (sulfide) groups is 1. The Kier molecular flexibility index (Phi) is 5.32. The maximum Gasteiger partial charge on any atom is 0.0281 e. The lowest BCUT2D eigenvalue weighted by Crippen LogP contribution is -2.39. The molecule has 1 saturated carbocycles. The Balaban J connectivity index is 2.27. The van der Waals surface area contributed by atoms with Crippen molar-refractivity contribution < 1.29 is 0 Å². The third-order valence-corrected chi connectivity index (χ3v) is 4.86. The summed E-state index contributed by atoms with van der Waals surface area (Å²) in [6.45, 7) is 5.79. The third-order valence-electron chi connectivity index (χ3n) is 3.44. The van der Waals surface area contributed by atoms with Crippen LogP contribution in [-0.4, -0.2) is 23.6 Å². The Bertz CT molecular complexity index is 152. The SMILES string of the molecule is CCCC(C)NCC1(SC)CCCC1. The zero-order valence-electron chi connectivity index (χ0n) is 9.94. The van der Waals surface area contributed by atoms with Crippen molar-refractivity contribution in [2.24, 2.45) is 0 Å². The van der Waals surface area contributed by atoms with E-state index in [4.69, 9.17) is 0 Å². The molecule has 0 aliphatic heterocycles. The van der Waals surface area contributed by atoms with E-state index >= 15 is 0 Å². The standard InChI is InChI=1S/C12H25NS/c1-4-7-11(2)13-10-12(14-3)8-5-6-9-12/h11,13H,4-10H2,1-3H3. The molecule has 14 heavy (non-hydrogen) atoms. The molecule has 1 aliphatic rings. The van der Waals surface area contributed by atoms with Gasteiger partial charge in [0, 0.05) is 17.3 Å². The van der Waals surface area contributed by atoms with Crippen LogP contribution in [0.4, 0.5) is 0 Å². The molecule has 1 atom stereocenters. The topological polar surface area (TPSA) is 12.0 Å². The van der Waals surface area contributed by atoms with Crippen LogP contribution in [0.5, 0.6) is 0 Å². The molecule has 1 aliphatic carbocycles. The molecule has 0 aromatic carbocycles. The van der Waals surface area contributed by atoms with Crippen LogP contribution in [0.25, 0.3) is 0 Å². The molecule has 1 nitrogen and oxygen atoms in total. The molecule has 0 saturated heterocycles. The van der Waals surface area contributed by atoms with E-state index in [0.717, 1.165) is 0 Å². The Labute approximate surface area is 93.4 Å². The summed E-state index contributed by atoms with van der Waals surface area (Å²) in [6.07, 6.45) is 10.6. The molecule has 0 amide bonds. The van der Waals surface area contributed by atoms with Crippen molar-refractivity contribution in [1.82, 2.24) is 5.32 Å². The van der Waals surface area contributed by atoms with Gasteiger partial charge >= 0.3 is 0 Å². The highest BCUT2D eigenvalue weighted by atomic mass is 32.2. The maximum absolute atomic E-state index is 3.70. The van der Waals surface area contributed by atoms with Gasteiger partial charge in [-0.1, -0.05) is 26.2 Å². The van der Waals surface area contributed by atoms with Crippen molar-refractivity contribution in [1.29, 1.82) is 0 Å². The fourth-order valence-corrected chi connectivity index (χ4v) is 3.29. The highest BCUT2D eigenvalue weighted by Crippen LogP contribution is 2.39. The van der Waals surface area contributed by atoms with Gasteiger partial charge in [0.05, 0.1) is 0 Å². The minimum absolute atomic E-state index is 0.571. The molecule has 1 rings (SSSR count). The molecular weight excluding hydrogens is 190 g/mol. The number of hydrogen-bond acceptors (Lipinski definition) is 2. The molecule has 1 N–H and O–H groups in total. The molecule has 0 heterocycles. The van der Waals surface area contributed by atoms with Gasteiger partial charge in [-0.05, 0) is 32.4 Å². The minimum Gasteiger partial charge on any atom is -0.313 e. The lowest BCUT2D eigenvalue weighted by atomic mass is 10.1. The van der Waals surface area contributed by atoms with E-state index in [-0.39, 0.29) is 0 Å². The molecular formula is C12H25NS. The second-order valence-electron chi connectivity index (χ2n) is 4.66. The fourth-order valence-electron chi connectivity index (χ4n) is 2.37. The first kappa shape index (κ1) is 12.4. The molecule has 0 aromatic rings. The normalized spacial score (nSPS) is 22.5. The molecule has 0 bridgehead atoms. The van der Waals surface area contributed by atoms with Crippen LogP contribution in [-0.2, 0) is 0 Å². The van der Waals surface area contributed by atoms with Gasteiger partial charge in [0.1, 0.15) is 0 Å². The van der Waals surface area contributed by atoms with Crippen LogP contribution < -0.4 is 5.32 Å². The summed E-state index contributed by atoms with van der Waals surface area (Å²) in [4.78, 5) is 0. The second kappa shape index (κ2) is 6.02. The van der Waals surface area contributed by atoms with Gasteiger partial charge in [-0.15, -0.1) is 0 Å². The average molecular weight is 215 g/mol. The predicted octanol–water partition coefficient (Wildman–Crippen LogP) is 3.44. The Hall–Kier alpha value is 0.310. The van der Waals surface area contributed by atoms with Crippen LogP contribution in [0.2, 0.25) is 0 Å². The number of rotatable bonds is 6. The fraction of sp³-hybridized carbons (Fsp3) is 1.00. The van der Waals surface area contributed by atoms with Gasteiger partial charge in [-0.25, -0.2) is 0 Å². The van der Waals surface area contributed by atoms with Crippen LogP contribution in [0, 0.1) is 0 Å². The van der Waals surface area contributed by atoms with Gasteiger partial charge < -0.3 is 5.32 Å². The van der Waals surface area contributed by atoms with Crippen LogP contribution in [0.15, 0.2) is 0 Å². The van der Waals surface area contributed by atoms with E-state index < -0.39 is 0 Å². The summed E-state index contributed by atoms with van der Waals surface area (Å²) in [7, 11) is 0. The van der Waals surface area contributed by atoms with Gasteiger partial charge in [0.15, 0.2) is 0 Å². The van der Waals surface area contributed by atoms with Crippen molar-refractivity contribution in [2.75, 3.05) is 12.8 Å². The summed E-state index contributed by atoms with van der Waals surface area (Å²) >= 11 is 2.08. The van der Waals surface area contributed by atoms with E-state index in [1.165, 1.54) is 45.1 Å². The number of nitrogens with one attached hydrogen (secondary N) is 1. The van der Waals surface area contributed by atoms with Crippen LogP contribution >= 0.6 is 11.8 Å². The molecule has 0 radical (unpaired) electrons. The quantitative estimate of drug-likeness (QED) is 0.728. The van der Waals surface area contributed by atoms with Crippen LogP contribution in [0.3, 0.4) is 0 Å². The Morgan fingerprint density at radius 3 is 2.50 bits per heavy atom. The van der Waals surface area contributed by atoms with Gasteiger partial charge in [0.2, 0.25) is 0 Å². The third kappa shape index (κ3) is 3.47. The Morgan fingerprint density at radius 2 is 2.00 bits per heavy atom. The zero-order chi connectivity index (χ0) is 10.4. The van der Waals surface area contributed by atoms with Crippen molar-refractivity contribution in [3.63, 3.8) is 0 Å². The van der Waals surface area contributed by atoms with Crippen LogP contribution in [0.1, 0.15) is 52.4 Å². The zero-order valence-corrected chi connectivity index (χ0v) is 10.8. The number of hydrogen-bond donors (Lipinski definition) is 1. The smallest absolute Gasteiger partial charge is 0.0281 e. The van der Waals surface area contributed by atoms with E-state index in [2.05, 4.69) is 37.2 Å². The van der Waals surface area contributed by atoms with Crippen molar-refractivity contribution in [3.8, 4) is 0 Å². The highest BCUT2D eigenvalue weighted by molar-refractivity contribution is 8.00. The van der Waals surface area contributed by atoms with Crippen molar-refractivity contribution in [3.05, 3.63) is 0 Å². The van der Waals surface area contributed by atoms with E-state index in [1.54, 1.807) is 0 Å². The maximum atomic E-state index is 3.70.